The Labute approximate surface area is 136 Å². The van der Waals surface area contributed by atoms with Crippen LogP contribution in [0.1, 0.15) is 0 Å². The third kappa shape index (κ3) is 3.35. The first-order chi connectivity index (χ1) is 10.1. The second-order valence-electron chi connectivity index (χ2n) is 4.36. The van der Waals surface area contributed by atoms with Gasteiger partial charge in [0.2, 0.25) is 0 Å². The van der Waals surface area contributed by atoms with Crippen molar-refractivity contribution in [2.24, 2.45) is 0 Å². The average molecular weight is 337 g/mol. The molecule has 0 aromatic heterocycles. The van der Waals surface area contributed by atoms with Crippen molar-refractivity contribution in [1.82, 2.24) is 0 Å². The average Bonchev–Trinajstić information content (AvgIpc) is 2.47. The molecule has 0 atom stereocenters. The third-order valence-corrected chi connectivity index (χ3v) is 4.42. The number of hydrogen-bond acceptors (Lipinski definition) is 3. The Morgan fingerprint density at radius 1 is 1.05 bits per heavy atom. The number of fused-ring (bicyclic) bond motifs is 1. The summed E-state index contributed by atoms with van der Waals surface area (Å²) in [5, 5.41) is 7.23. The van der Waals surface area contributed by atoms with Gasteiger partial charge in [0.25, 0.3) is 5.91 Å². The van der Waals surface area contributed by atoms with Crippen LogP contribution in [0.4, 0.5) is 11.4 Å². The smallest absolute Gasteiger partial charge is 0.263 e. The Bertz CT molecular complexity index is 729. The Balaban J connectivity index is 1.81. The zero-order valence-electron chi connectivity index (χ0n) is 10.7. The highest BCUT2D eigenvalue weighted by Crippen LogP contribution is 2.39. The molecular formula is C15H10Cl2N2OS. The first-order valence-electron chi connectivity index (χ1n) is 6.13. The van der Waals surface area contributed by atoms with E-state index in [-0.39, 0.29) is 5.91 Å². The minimum atomic E-state index is -0.142. The maximum absolute atomic E-state index is 12.0. The van der Waals surface area contributed by atoms with Crippen LogP contribution >= 0.6 is 35.0 Å². The Hall–Kier alpha value is -1.62. The summed E-state index contributed by atoms with van der Waals surface area (Å²) in [7, 11) is 0. The molecule has 1 aliphatic heterocycles. The molecule has 0 spiro atoms. The molecule has 21 heavy (non-hydrogen) atoms. The van der Waals surface area contributed by atoms with E-state index in [1.165, 1.54) is 11.8 Å². The van der Waals surface area contributed by atoms with Crippen molar-refractivity contribution in [2.75, 3.05) is 10.6 Å². The lowest BCUT2D eigenvalue weighted by molar-refractivity contribution is -0.112. The highest BCUT2D eigenvalue weighted by Gasteiger charge is 2.21. The van der Waals surface area contributed by atoms with Gasteiger partial charge in [-0.05, 0) is 42.5 Å². The molecule has 3 rings (SSSR count). The van der Waals surface area contributed by atoms with Crippen molar-refractivity contribution in [3.63, 3.8) is 0 Å². The second kappa shape index (κ2) is 6.02. The standard InChI is InChI=1S/C15H10Cl2N2OS/c16-9-1-4-11(5-2-9)18-8-14-15(20)19-12-6-3-10(17)7-13(12)21-14/h1-8,18H,(H,19,20)/b14-8+. The summed E-state index contributed by atoms with van der Waals surface area (Å²) < 4.78 is 0. The quantitative estimate of drug-likeness (QED) is 0.759. The molecule has 2 N–H and O–H groups in total. The number of carbonyl (C=O) groups is 1. The van der Waals surface area contributed by atoms with Gasteiger partial charge in [-0.1, -0.05) is 35.0 Å². The fourth-order valence-electron chi connectivity index (χ4n) is 1.82. The minimum absolute atomic E-state index is 0.142. The lowest BCUT2D eigenvalue weighted by Crippen LogP contribution is -2.18. The largest absolute Gasteiger partial charge is 0.360 e. The first-order valence-corrected chi connectivity index (χ1v) is 7.70. The molecule has 106 valence electrons. The van der Waals surface area contributed by atoms with Crippen LogP contribution in [0, 0.1) is 0 Å². The molecule has 2 aromatic rings. The highest BCUT2D eigenvalue weighted by atomic mass is 35.5. The molecule has 1 aliphatic rings. The molecule has 1 amide bonds. The molecule has 1 heterocycles. The number of nitrogens with one attached hydrogen (secondary N) is 2. The number of amides is 1. The molecule has 0 saturated heterocycles. The van der Waals surface area contributed by atoms with Crippen LogP contribution in [-0.2, 0) is 4.79 Å². The van der Waals surface area contributed by atoms with Crippen LogP contribution in [0.2, 0.25) is 10.0 Å². The monoisotopic (exact) mass is 336 g/mol. The van der Waals surface area contributed by atoms with E-state index in [2.05, 4.69) is 10.6 Å². The van der Waals surface area contributed by atoms with Gasteiger partial charge in [-0.15, -0.1) is 0 Å². The van der Waals surface area contributed by atoms with E-state index in [4.69, 9.17) is 23.2 Å². The number of carbonyl (C=O) groups excluding carboxylic acids is 1. The van der Waals surface area contributed by atoms with Gasteiger partial charge in [0.05, 0.1) is 10.6 Å². The summed E-state index contributed by atoms with van der Waals surface area (Å²) in [5.74, 6) is -0.142. The number of anilines is 2. The fourth-order valence-corrected chi connectivity index (χ4v) is 3.10. The summed E-state index contributed by atoms with van der Waals surface area (Å²) in [6.45, 7) is 0. The van der Waals surface area contributed by atoms with E-state index in [1.807, 2.05) is 18.2 Å². The maximum atomic E-state index is 12.0. The van der Waals surface area contributed by atoms with Gasteiger partial charge in [-0.3, -0.25) is 4.79 Å². The summed E-state index contributed by atoms with van der Waals surface area (Å²) in [5.41, 5.74) is 1.63. The van der Waals surface area contributed by atoms with Crippen molar-refractivity contribution in [3.05, 3.63) is 63.6 Å². The van der Waals surface area contributed by atoms with Crippen molar-refractivity contribution in [1.29, 1.82) is 0 Å². The predicted molar refractivity (Wildman–Crippen MR) is 89.1 cm³/mol. The van der Waals surface area contributed by atoms with Crippen LogP contribution in [0.15, 0.2) is 58.5 Å². The van der Waals surface area contributed by atoms with Gasteiger partial charge in [0.1, 0.15) is 0 Å². The van der Waals surface area contributed by atoms with E-state index in [0.29, 0.717) is 15.0 Å². The zero-order valence-corrected chi connectivity index (χ0v) is 13.0. The van der Waals surface area contributed by atoms with Gasteiger partial charge in [0.15, 0.2) is 0 Å². The van der Waals surface area contributed by atoms with Crippen LogP contribution in [0.3, 0.4) is 0 Å². The molecule has 0 bridgehead atoms. The molecule has 2 aromatic carbocycles. The van der Waals surface area contributed by atoms with Crippen LogP contribution in [0.25, 0.3) is 0 Å². The summed E-state index contributed by atoms with van der Waals surface area (Å²) in [6, 6.07) is 12.6. The minimum Gasteiger partial charge on any atom is -0.360 e. The van der Waals surface area contributed by atoms with Crippen LogP contribution < -0.4 is 10.6 Å². The van der Waals surface area contributed by atoms with E-state index >= 15 is 0 Å². The van der Waals surface area contributed by atoms with Crippen LogP contribution in [0.5, 0.6) is 0 Å². The molecule has 0 fully saturated rings. The summed E-state index contributed by atoms with van der Waals surface area (Å²) in [6.07, 6.45) is 1.67. The third-order valence-electron chi connectivity index (χ3n) is 2.85. The van der Waals surface area contributed by atoms with Gasteiger partial charge >= 0.3 is 0 Å². The highest BCUT2D eigenvalue weighted by molar-refractivity contribution is 8.04. The zero-order chi connectivity index (χ0) is 14.8. The Kier molecular flexibility index (Phi) is 4.10. The van der Waals surface area contributed by atoms with E-state index in [1.54, 1.807) is 30.5 Å². The molecule has 6 heteroatoms. The SMILES string of the molecule is O=C1Nc2ccc(Cl)cc2S/C1=C/Nc1ccc(Cl)cc1. The molecule has 0 saturated carbocycles. The maximum Gasteiger partial charge on any atom is 0.263 e. The predicted octanol–water partition coefficient (Wildman–Crippen LogP) is 4.99. The molecule has 0 radical (unpaired) electrons. The van der Waals surface area contributed by atoms with Gasteiger partial charge in [0, 0.05) is 26.8 Å². The number of thioether (sulfide) groups is 1. The molecular weight excluding hydrogens is 327 g/mol. The topological polar surface area (TPSA) is 41.1 Å². The fraction of sp³-hybridized carbons (Fsp3) is 0. The van der Waals surface area contributed by atoms with E-state index < -0.39 is 0 Å². The van der Waals surface area contributed by atoms with Crippen molar-refractivity contribution < 1.29 is 4.79 Å². The summed E-state index contributed by atoms with van der Waals surface area (Å²) >= 11 is 13.2. The second-order valence-corrected chi connectivity index (χ2v) is 6.31. The lowest BCUT2D eigenvalue weighted by Gasteiger charge is -2.18. The molecule has 3 nitrogen and oxygen atoms in total. The summed E-state index contributed by atoms with van der Waals surface area (Å²) in [4.78, 5) is 13.5. The first kappa shape index (κ1) is 14.3. The number of hydrogen-bond donors (Lipinski definition) is 2. The number of rotatable bonds is 2. The number of benzene rings is 2. The Morgan fingerprint density at radius 3 is 2.52 bits per heavy atom. The van der Waals surface area contributed by atoms with Gasteiger partial charge in [-0.25, -0.2) is 0 Å². The Morgan fingerprint density at radius 2 is 1.76 bits per heavy atom. The van der Waals surface area contributed by atoms with Crippen molar-refractivity contribution in [3.8, 4) is 0 Å². The lowest BCUT2D eigenvalue weighted by atomic mass is 10.3. The molecule has 0 aliphatic carbocycles. The normalized spacial score (nSPS) is 15.5. The van der Waals surface area contributed by atoms with Crippen molar-refractivity contribution in [2.45, 2.75) is 4.90 Å². The molecule has 0 unspecified atom stereocenters. The van der Waals surface area contributed by atoms with E-state index in [9.17, 15) is 4.79 Å². The van der Waals surface area contributed by atoms with Crippen LogP contribution in [-0.4, -0.2) is 5.91 Å². The van der Waals surface area contributed by atoms with Gasteiger partial charge < -0.3 is 10.6 Å². The van der Waals surface area contributed by atoms with Crippen molar-refractivity contribution >= 4 is 52.2 Å². The van der Waals surface area contributed by atoms with Gasteiger partial charge in [-0.2, -0.15) is 0 Å². The number of halogens is 2. The van der Waals surface area contributed by atoms with E-state index in [0.717, 1.165) is 16.3 Å².